The van der Waals surface area contributed by atoms with Crippen LogP contribution in [0.15, 0.2) is 24.5 Å². The van der Waals surface area contributed by atoms with E-state index in [-0.39, 0.29) is 11.9 Å². The lowest BCUT2D eigenvalue weighted by atomic mass is 10.2. The van der Waals surface area contributed by atoms with Crippen molar-refractivity contribution in [1.82, 2.24) is 24.9 Å². The van der Waals surface area contributed by atoms with E-state index in [1.54, 1.807) is 0 Å². The van der Waals surface area contributed by atoms with Gasteiger partial charge in [-0.25, -0.2) is 0 Å². The maximum absolute atomic E-state index is 12.9. The van der Waals surface area contributed by atoms with E-state index < -0.39 is 0 Å². The summed E-state index contributed by atoms with van der Waals surface area (Å²) < 4.78 is 1.92. The van der Waals surface area contributed by atoms with E-state index in [1.807, 2.05) is 41.0 Å². The zero-order valence-corrected chi connectivity index (χ0v) is 14.6. The summed E-state index contributed by atoms with van der Waals surface area (Å²) in [6, 6.07) is 3.91. The number of hydrogen-bond acceptors (Lipinski definition) is 5. The Bertz CT molecular complexity index is 734. The number of nitrogens with zero attached hydrogens (tertiary/aromatic N) is 6. The van der Waals surface area contributed by atoms with E-state index in [2.05, 4.69) is 20.2 Å². The van der Waals surface area contributed by atoms with Crippen molar-refractivity contribution in [2.45, 2.75) is 45.2 Å². The van der Waals surface area contributed by atoms with Crippen LogP contribution < -0.4 is 4.90 Å². The van der Waals surface area contributed by atoms with Gasteiger partial charge >= 0.3 is 0 Å². The average Bonchev–Trinajstić information content (AvgIpc) is 3.37. The fraction of sp³-hybridized carbons (Fsp3) is 0.556. The third-order valence-electron chi connectivity index (χ3n) is 5.10. The summed E-state index contributed by atoms with van der Waals surface area (Å²) in [7, 11) is 0. The Hall–Kier alpha value is -2.44. The number of amides is 1. The summed E-state index contributed by atoms with van der Waals surface area (Å²) in [4.78, 5) is 17.0. The molecular weight excluding hydrogens is 316 g/mol. The number of anilines is 1. The van der Waals surface area contributed by atoms with E-state index in [1.165, 1.54) is 12.8 Å². The summed E-state index contributed by atoms with van der Waals surface area (Å²) in [6.45, 7) is 5.59. The Morgan fingerprint density at radius 1 is 1.16 bits per heavy atom. The molecule has 2 aliphatic heterocycles. The van der Waals surface area contributed by atoms with Gasteiger partial charge in [-0.05, 0) is 50.3 Å². The predicted molar refractivity (Wildman–Crippen MR) is 94.5 cm³/mol. The molecule has 1 atom stereocenters. The standard InChI is InChI=1S/C18H24N6O/c1-14-11-19-23(12-14)13-15-5-4-10-24(15)18(25)16-6-7-17(21-20-16)22-8-2-3-9-22/h6-7,11-12,15H,2-5,8-10,13H2,1H3. The summed E-state index contributed by atoms with van der Waals surface area (Å²) in [5.74, 6) is 0.853. The van der Waals surface area contributed by atoms with Gasteiger partial charge in [0.1, 0.15) is 0 Å². The molecule has 2 aromatic rings. The first kappa shape index (κ1) is 16.1. The first-order valence-electron chi connectivity index (χ1n) is 9.09. The van der Waals surface area contributed by atoms with Gasteiger partial charge in [0.05, 0.1) is 18.8 Å². The second-order valence-corrected chi connectivity index (χ2v) is 7.01. The maximum Gasteiger partial charge on any atom is 0.274 e. The number of rotatable bonds is 4. The molecule has 2 saturated heterocycles. The van der Waals surface area contributed by atoms with Gasteiger partial charge in [-0.2, -0.15) is 5.10 Å². The third-order valence-corrected chi connectivity index (χ3v) is 5.10. The Labute approximate surface area is 147 Å². The number of likely N-dealkylation sites (tertiary alicyclic amines) is 1. The van der Waals surface area contributed by atoms with Crippen molar-refractivity contribution in [3.05, 3.63) is 35.8 Å². The normalized spacial score (nSPS) is 20.4. The molecule has 7 nitrogen and oxygen atoms in total. The summed E-state index contributed by atoms with van der Waals surface area (Å²) in [5.41, 5.74) is 1.57. The minimum atomic E-state index is -0.0214. The molecule has 0 saturated carbocycles. The van der Waals surface area contributed by atoms with Crippen molar-refractivity contribution >= 4 is 11.7 Å². The van der Waals surface area contributed by atoms with Gasteiger partial charge in [-0.15, -0.1) is 10.2 Å². The van der Waals surface area contributed by atoms with Crippen molar-refractivity contribution < 1.29 is 4.79 Å². The molecule has 1 unspecified atom stereocenters. The quantitative estimate of drug-likeness (QED) is 0.850. The van der Waals surface area contributed by atoms with E-state index in [0.29, 0.717) is 5.69 Å². The van der Waals surface area contributed by atoms with Crippen LogP contribution in [-0.2, 0) is 6.54 Å². The van der Waals surface area contributed by atoms with Crippen LogP contribution in [0.2, 0.25) is 0 Å². The van der Waals surface area contributed by atoms with Crippen LogP contribution in [0.5, 0.6) is 0 Å². The molecule has 0 spiro atoms. The number of aryl methyl sites for hydroxylation is 1. The van der Waals surface area contributed by atoms with Gasteiger partial charge in [0.15, 0.2) is 11.5 Å². The van der Waals surface area contributed by atoms with Gasteiger partial charge in [0, 0.05) is 25.8 Å². The highest BCUT2D eigenvalue weighted by Crippen LogP contribution is 2.22. The number of aromatic nitrogens is 4. The SMILES string of the molecule is Cc1cnn(CC2CCCN2C(=O)c2ccc(N3CCCC3)nn2)c1. The Kier molecular flexibility index (Phi) is 4.38. The van der Waals surface area contributed by atoms with Gasteiger partial charge < -0.3 is 9.80 Å². The lowest BCUT2D eigenvalue weighted by molar-refractivity contribution is 0.0714. The highest BCUT2D eigenvalue weighted by Gasteiger charge is 2.31. The van der Waals surface area contributed by atoms with Gasteiger partial charge in [-0.1, -0.05) is 0 Å². The predicted octanol–water partition coefficient (Wildman–Crippen LogP) is 1.89. The van der Waals surface area contributed by atoms with Crippen LogP contribution in [0, 0.1) is 6.92 Å². The second kappa shape index (κ2) is 6.82. The smallest absolute Gasteiger partial charge is 0.274 e. The third kappa shape index (κ3) is 3.36. The Morgan fingerprint density at radius 2 is 2.00 bits per heavy atom. The van der Waals surface area contributed by atoms with Crippen LogP contribution in [0.4, 0.5) is 5.82 Å². The van der Waals surface area contributed by atoms with Crippen molar-refractivity contribution in [3.63, 3.8) is 0 Å². The molecule has 2 aliphatic rings. The van der Waals surface area contributed by atoms with Crippen LogP contribution >= 0.6 is 0 Å². The summed E-state index contributed by atoms with van der Waals surface area (Å²) >= 11 is 0. The summed E-state index contributed by atoms with van der Waals surface area (Å²) in [6.07, 6.45) is 8.30. The van der Waals surface area contributed by atoms with Crippen LogP contribution in [0.1, 0.15) is 41.7 Å². The van der Waals surface area contributed by atoms with Crippen molar-refractivity contribution in [2.75, 3.05) is 24.5 Å². The molecule has 4 heterocycles. The van der Waals surface area contributed by atoms with Gasteiger partial charge in [0.25, 0.3) is 5.91 Å². The first-order chi connectivity index (χ1) is 12.2. The fourth-order valence-corrected chi connectivity index (χ4v) is 3.78. The number of carbonyl (C=O) groups excluding carboxylic acids is 1. The average molecular weight is 340 g/mol. The minimum absolute atomic E-state index is 0.0214. The molecule has 0 bridgehead atoms. The molecule has 25 heavy (non-hydrogen) atoms. The monoisotopic (exact) mass is 340 g/mol. The van der Waals surface area contributed by atoms with Gasteiger partial charge in [0.2, 0.25) is 0 Å². The van der Waals surface area contributed by atoms with Gasteiger partial charge in [-0.3, -0.25) is 9.48 Å². The molecule has 0 radical (unpaired) electrons. The molecular formula is C18H24N6O. The van der Waals surface area contributed by atoms with Crippen molar-refractivity contribution in [1.29, 1.82) is 0 Å². The van der Waals surface area contributed by atoms with E-state index in [4.69, 9.17) is 0 Å². The lowest BCUT2D eigenvalue weighted by Crippen LogP contribution is -2.38. The first-order valence-corrected chi connectivity index (χ1v) is 9.09. The van der Waals surface area contributed by atoms with Crippen LogP contribution in [0.25, 0.3) is 0 Å². The Morgan fingerprint density at radius 3 is 2.68 bits per heavy atom. The topological polar surface area (TPSA) is 67.2 Å². The zero-order valence-electron chi connectivity index (χ0n) is 14.6. The number of carbonyl (C=O) groups is 1. The zero-order chi connectivity index (χ0) is 17.2. The van der Waals surface area contributed by atoms with Crippen molar-refractivity contribution in [2.24, 2.45) is 0 Å². The highest BCUT2D eigenvalue weighted by atomic mass is 16.2. The molecule has 2 aromatic heterocycles. The molecule has 7 heteroatoms. The maximum atomic E-state index is 12.9. The molecule has 4 rings (SSSR count). The highest BCUT2D eigenvalue weighted by molar-refractivity contribution is 5.92. The molecule has 0 aliphatic carbocycles. The van der Waals surface area contributed by atoms with E-state index in [0.717, 1.165) is 50.4 Å². The lowest BCUT2D eigenvalue weighted by Gasteiger charge is -2.24. The van der Waals surface area contributed by atoms with E-state index in [9.17, 15) is 4.79 Å². The molecule has 0 aromatic carbocycles. The van der Waals surface area contributed by atoms with Crippen LogP contribution in [0.3, 0.4) is 0 Å². The second-order valence-electron chi connectivity index (χ2n) is 7.01. The summed E-state index contributed by atoms with van der Waals surface area (Å²) in [5, 5.41) is 12.8. The van der Waals surface area contributed by atoms with Crippen molar-refractivity contribution in [3.8, 4) is 0 Å². The van der Waals surface area contributed by atoms with E-state index >= 15 is 0 Å². The minimum Gasteiger partial charge on any atom is -0.355 e. The van der Waals surface area contributed by atoms with Crippen LogP contribution in [-0.4, -0.2) is 56.5 Å². The largest absolute Gasteiger partial charge is 0.355 e. The molecule has 1 amide bonds. The molecule has 2 fully saturated rings. The fourth-order valence-electron chi connectivity index (χ4n) is 3.78. The number of hydrogen-bond donors (Lipinski definition) is 0. The molecule has 132 valence electrons. The Balaban J connectivity index is 1.45. The molecule has 0 N–H and O–H groups in total.